The molecule has 1 saturated carbocycles. The van der Waals surface area contributed by atoms with E-state index in [4.69, 9.17) is 9.84 Å². The fourth-order valence-electron chi connectivity index (χ4n) is 4.53. The van der Waals surface area contributed by atoms with E-state index < -0.39 is 0 Å². The van der Waals surface area contributed by atoms with Crippen LogP contribution >= 0.6 is 0 Å². The Morgan fingerprint density at radius 3 is 2.93 bits per heavy atom. The number of nitrogens with one attached hydrogen (secondary N) is 2. The number of hydrogen-bond acceptors (Lipinski definition) is 4. The molecule has 1 fully saturated rings. The van der Waals surface area contributed by atoms with E-state index in [1.165, 1.54) is 31.2 Å². The number of anilines is 1. The van der Waals surface area contributed by atoms with Gasteiger partial charge in [-0.05, 0) is 55.9 Å². The lowest BCUT2D eigenvalue weighted by Gasteiger charge is -2.23. The highest BCUT2D eigenvalue weighted by atomic mass is 16.5. The molecule has 0 saturated heterocycles. The first-order valence-electron chi connectivity index (χ1n) is 10.1. The van der Waals surface area contributed by atoms with Crippen LogP contribution in [-0.2, 0) is 11.2 Å². The maximum atomic E-state index is 12.9. The molecule has 2 aliphatic carbocycles. The number of amides is 2. The summed E-state index contributed by atoms with van der Waals surface area (Å²) < 4.78 is 7.49. The Labute approximate surface area is 163 Å². The summed E-state index contributed by atoms with van der Waals surface area (Å²) in [6.07, 6.45) is 10.1. The minimum Gasteiger partial charge on any atom is -0.482 e. The molecule has 1 aromatic heterocycles. The predicted molar refractivity (Wildman–Crippen MR) is 103 cm³/mol. The molecule has 3 aliphatic rings. The minimum atomic E-state index is -0.209. The zero-order valence-corrected chi connectivity index (χ0v) is 15.7. The summed E-state index contributed by atoms with van der Waals surface area (Å²) in [5, 5.41) is 10.8. The Morgan fingerprint density at radius 1 is 1.21 bits per heavy atom. The Balaban J connectivity index is 1.35. The van der Waals surface area contributed by atoms with Crippen molar-refractivity contribution >= 4 is 17.5 Å². The van der Waals surface area contributed by atoms with Crippen molar-refractivity contribution in [3.8, 4) is 5.75 Å². The molecular weight excluding hydrogens is 356 g/mol. The number of fused-ring (bicyclic) bond motifs is 2. The van der Waals surface area contributed by atoms with Gasteiger partial charge in [-0.25, -0.2) is 0 Å². The number of aromatic nitrogens is 2. The van der Waals surface area contributed by atoms with Crippen LogP contribution in [0, 0.1) is 0 Å². The van der Waals surface area contributed by atoms with Gasteiger partial charge in [-0.2, -0.15) is 5.10 Å². The van der Waals surface area contributed by atoms with Crippen molar-refractivity contribution in [2.75, 3.05) is 11.9 Å². The first-order chi connectivity index (χ1) is 13.7. The fourth-order valence-corrected chi connectivity index (χ4v) is 4.53. The van der Waals surface area contributed by atoms with Crippen molar-refractivity contribution in [1.82, 2.24) is 15.1 Å². The van der Waals surface area contributed by atoms with Gasteiger partial charge in [-0.3, -0.25) is 14.3 Å². The summed E-state index contributed by atoms with van der Waals surface area (Å²) in [5.41, 5.74) is 3.32. The smallest absolute Gasteiger partial charge is 0.262 e. The number of nitrogens with zero attached hydrogens (tertiary/aromatic N) is 2. The van der Waals surface area contributed by atoms with Crippen LogP contribution in [0.25, 0.3) is 0 Å². The van der Waals surface area contributed by atoms with E-state index >= 15 is 0 Å². The highest BCUT2D eigenvalue weighted by Gasteiger charge is 2.28. The monoisotopic (exact) mass is 380 g/mol. The van der Waals surface area contributed by atoms with Gasteiger partial charge in [0, 0.05) is 11.8 Å². The third kappa shape index (κ3) is 3.15. The average Bonchev–Trinajstić information content (AvgIpc) is 3.37. The summed E-state index contributed by atoms with van der Waals surface area (Å²) >= 11 is 0. The average molecular weight is 380 g/mol. The third-order valence-electron chi connectivity index (χ3n) is 5.99. The highest BCUT2D eigenvalue weighted by molar-refractivity contribution is 6.00. The van der Waals surface area contributed by atoms with E-state index in [-0.39, 0.29) is 24.5 Å². The van der Waals surface area contributed by atoms with Gasteiger partial charge < -0.3 is 15.4 Å². The lowest BCUT2D eigenvalue weighted by Crippen LogP contribution is -2.31. The zero-order valence-electron chi connectivity index (χ0n) is 15.7. The topological polar surface area (TPSA) is 85.2 Å². The summed E-state index contributed by atoms with van der Waals surface area (Å²) in [4.78, 5) is 24.4. The van der Waals surface area contributed by atoms with Gasteiger partial charge in [0.05, 0.1) is 23.5 Å². The van der Waals surface area contributed by atoms with Crippen molar-refractivity contribution in [2.24, 2.45) is 0 Å². The molecule has 7 nitrogen and oxygen atoms in total. The molecule has 0 bridgehead atoms. The molecular formula is C21H24N4O3. The second-order valence-electron chi connectivity index (χ2n) is 7.92. The van der Waals surface area contributed by atoms with Crippen LogP contribution in [-0.4, -0.2) is 28.2 Å². The molecule has 2 heterocycles. The number of rotatable bonds is 3. The van der Waals surface area contributed by atoms with Crippen LogP contribution < -0.4 is 15.4 Å². The van der Waals surface area contributed by atoms with Gasteiger partial charge in [0.2, 0.25) is 0 Å². The second-order valence-corrected chi connectivity index (χ2v) is 7.92. The molecule has 2 N–H and O–H groups in total. The lowest BCUT2D eigenvalue weighted by molar-refractivity contribution is -0.118. The van der Waals surface area contributed by atoms with Crippen LogP contribution in [0.15, 0.2) is 24.4 Å². The van der Waals surface area contributed by atoms with Gasteiger partial charge in [0.1, 0.15) is 5.75 Å². The van der Waals surface area contributed by atoms with Gasteiger partial charge in [0.15, 0.2) is 6.61 Å². The zero-order chi connectivity index (χ0) is 19.1. The molecule has 1 unspecified atom stereocenters. The number of hydrogen-bond donors (Lipinski definition) is 2. The van der Waals surface area contributed by atoms with E-state index in [1.54, 1.807) is 18.2 Å². The SMILES string of the molecule is O=C1COc2ccc(C(=O)NC3CCCc4cn(C5CCCC5)nc43)cc2N1. The van der Waals surface area contributed by atoms with Crippen molar-refractivity contribution in [3.05, 3.63) is 41.2 Å². The van der Waals surface area contributed by atoms with Crippen LogP contribution in [0.2, 0.25) is 0 Å². The lowest BCUT2D eigenvalue weighted by atomic mass is 9.93. The third-order valence-corrected chi connectivity index (χ3v) is 5.99. The van der Waals surface area contributed by atoms with Crippen LogP contribution in [0.5, 0.6) is 5.75 Å². The Kier molecular flexibility index (Phi) is 4.30. The largest absolute Gasteiger partial charge is 0.482 e. The summed E-state index contributed by atoms with van der Waals surface area (Å²) in [7, 11) is 0. The summed E-state index contributed by atoms with van der Waals surface area (Å²) in [6.45, 7) is 0.00699. The number of aryl methyl sites for hydroxylation is 1. The molecule has 1 aromatic carbocycles. The maximum Gasteiger partial charge on any atom is 0.262 e. The Hall–Kier alpha value is -2.83. The highest BCUT2D eigenvalue weighted by Crippen LogP contribution is 2.34. The molecule has 0 radical (unpaired) electrons. The maximum absolute atomic E-state index is 12.9. The number of carbonyl (C=O) groups excluding carboxylic acids is 2. The van der Waals surface area contributed by atoms with Crippen LogP contribution in [0.4, 0.5) is 5.69 Å². The van der Waals surface area contributed by atoms with Crippen molar-refractivity contribution in [1.29, 1.82) is 0 Å². The first kappa shape index (κ1) is 17.3. The summed E-state index contributed by atoms with van der Waals surface area (Å²) in [6, 6.07) is 5.56. The molecule has 28 heavy (non-hydrogen) atoms. The summed E-state index contributed by atoms with van der Waals surface area (Å²) in [5.74, 6) is 0.224. The molecule has 5 rings (SSSR count). The molecule has 1 atom stereocenters. The molecule has 0 spiro atoms. The fraction of sp³-hybridized carbons (Fsp3) is 0.476. The number of ether oxygens (including phenoxy) is 1. The molecule has 1 aliphatic heterocycles. The van der Waals surface area contributed by atoms with Gasteiger partial charge in [-0.1, -0.05) is 12.8 Å². The molecule has 2 amide bonds. The Bertz CT molecular complexity index is 930. The van der Waals surface area contributed by atoms with Gasteiger partial charge >= 0.3 is 0 Å². The molecule has 146 valence electrons. The predicted octanol–water partition coefficient (Wildman–Crippen LogP) is 3.14. The standard InChI is InChI=1S/C21H24N4O3/c26-19-12-28-18-9-8-13(10-17(18)22-19)21(27)23-16-7-3-4-14-11-25(24-20(14)16)15-5-1-2-6-15/h8-11,15-16H,1-7,12H2,(H,22,26)(H,23,27). The van der Waals surface area contributed by atoms with E-state index in [0.717, 1.165) is 25.0 Å². The van der Waals surface area contributed by atoms with E-state index in [1.807, 2.05) is 0 Å². The number of benzene rings is 1. The van der Waals surface area contributed by atoms with E-state index in [2.05, 4.69) is 21.5 Å². The minimum absolute atomic E-state index is 0.00699. The van der Waals surface area contributed by atoms with E-state index in [9.17, 15) is 9.59 Å². The Morgan fingerprint density at radius 2 is 2.07 bits per heavy atom. The van der Waals surface area contributed by atoms with Crippen molar-refractivity contribution < 1.29 is 14.3 Å². The van der Waals surface area contributed by atoms with E-state index in [0.29, 0.717) is 23.0 Å². The van der Waals surface area contributed by atoms with Gasteiger partial charge in [-0.15, -0.1) is 0 Å². The van der Waals surface area contributed by atoms with Crippen molar-refractivity contribution in [3.63, 3.8) is 0 Å². The van der Waals surface area contributed by atoms with Gasteiger partial charge in [0.25, 0.3) is 11.8 Å². The first-order valence-corrected chi connectivity index (χ1v) is 10.1. The number of carbonyl (C=O) groups is 2. The van der Waals surface area contributed by atoms with Crippen LogP contribution in [0.3, 0.4) is 0 Å². The molecule has 7 heteroatoms. The quantitative estimate of drug-likeness (QED) is 0.857. The van der Waals surface area contributed by atoms with Crippen molar-refractivity contribution in [2.45, 2.75) is 57.0 Å². The molecule has 2 aromatic rings. The van der Waals surface area contributed by atoms with Crippen LogP contribution in [0.1, 0.15) is 72.2 Å². The normalized spacial score (nSPS) is 21.4. The second kappa shape index (κ2) is 6.96.